The van der Waals surface area contributed by atoms with E-state index in [0.717, 1.165) is 41.1 Å². The zero-order valence-corrected chi connectivity index (χ0v) is 17.4. The van der Waals surface area contributed by atoms with E-state index >= 15 is 0 Å². The van der Waals surface area contributed by atoms with Gasteiger partial charge in [-0.2, -0.15) is 0 Å². The van der Waals surface area contributed by atoms with Gasteiger partial charge in [0.15, 0.2) is 11.5 Å². The minimum Gasteiger partial charge on any atom is -0.493 e. The van der Waals surface area contributed by atoms with Crippen molar-refractivity contribution in [2.75, 3.05) is 7.11 Å². The van der Waals surface area contributed by atoms with Gasteiger partial charge in [0, 0.05) is 6.54 Å². The Kier molecular flexibility index (Phi) is 6.14. The number of imidazole rings is 1. The first-order valence-electron chi connectivity index (χ1n) is 10.2. The smallest absolute Gasteiger partial charge is 0.161 e. The summed E-state index contributed by atoms with van der Waals surface area (Å²) in [7, 11) is 1.66. The molecule has 4 aromatic rings. The Morgan fingerprint density at radius 2 is 1.73 bits per heavy atom. The minimum absolute atomic E-state index is 0.378. The predicted octanol–water partition coefficient (Wildman–Crippen LogP) is 5.90. The van der Waals surface area contributed by atoms with Crippen molar-refractivity contribution >= 4 is 17.1 Å². The largest absolute Gasteiger partial charge is 0.493 e. The molecule has 0 amide bonds. The fraction of sp³-hybridized carbons (Fsp3) is 0.192. The summed E-state index contributed by atoms with van der Waals surface area (Å²) in [5.41, 5.74) is 4.50. The van der Waals surface area contributed by atoms with Crippen molar-refractivity contribution in [3.8, 4) is 11.5 Å². The molecule has 0 saturated carbocycles. The molecule has 0 N–H and O–H groups in total. The summed E-state index contributed by atoms with van der Waals surface area (Å²) in [5.74, 6) is 2.34. The summed E-state index contributed by atoms with van der Waals surface area (Å²) >= 11 is 0. The van der Waals surface area contributed by atoms with Gasteiger partial charge in [0.25, 0.3) is 0 Å². The zero-order valence-electron chi connectivity index (χ0n) is 17.4. The Hall–Kier alpha value is -3.53. The van der Waals surface area contributed by atoms with Gasteiger partial charge in [-0.05, 0) is 48.7 Å². The number of hydrogen-bond donors (Lipinski definition) is 0. The number of aromatic nitrogens is 2. The highest BCUT2D eigenvalue weighted by atomic mass is 16.5. The summed E-state index contributed by atoms with van der Waals surface area (Å²) in [6, 6.07) is 24.7. The standard InChI is InChI=1S/C26H26N2O2/c1-3-9-21-14-15-24(25(18-21)29-2)30-19-26-27-22-12-7-8-13-23(22)28(26)17-16-20-10-5-4-6-11-20/h3-15,18H,16-17,19H2,1-2H3/b9-3-. The van der Waals surface area contributed by atoms with Crippen molar-refractivity contribution in [3.05, 3.63) is 95.8 Å². The quantitative estimate of drug-likeness (QED) is 0.371. The lowest BCUT2D eigenvalue weighted by Crippen LogP contribution is -2.09. The summed E-state index contributed by atoms with van der Waals surface area (Å²) in [5, 5.41) is 0. The molecule has 0 fully saturated rings. The van der Waals surface area contributed by atoms with Gasteiger partial charge in [-0.1, -0.05) is 60.7 Å². The van der Waals surface area contributed by atoms with Gasteiger partial charge >= 0.3 is 0 Å². The molecule has 152 valence electrons. The van der Waals surface area contributed by atoms with Crippen LogP contribution in [0, 0.1) is 0 Å². The highest BCUT2D eigenvalue weighted by Crippen LogP contribution is 2.29. The maximum atomic E-state index is 6.14. The van der Waals surface area contributed by atoms with E-state index in [-0.39, 0.29) is 0 Å². The number of nitrogens with zero attached hydrogens (tertiary/aromatic N) is 2. The summed E-state index contributed by atoms with van der Waals surface area (Å²) in [6.07, 6.45) is 4.98. The maximum absolute atomic E-state index is 6.14. The lowest BCUT2D eigenvalue weighted by Gasteiger charge is -2.13. The van der Waals surface area contributed by atoms with Gasteiger partial charge in [-0.3, -0.25) is 0 Å². The Labute approximate surface area is 177 Å². The second kappa shape index (κ2) is 9.31. The molecule has 1 aromatic heterocycles. The van der Waals surface area contributed by atoms with Crippen LogP contribution in [0.1, 0.15) is 23.9 Å². The molecule has 1 heterocycles. The first-order valence-corrected chi connectivity index (χ1v) is 10.2. The third-order valence-electron chi connectivity index (χ3n) is 5.10. The van der Waals surface area contributed by atoms with Crippen LogP contribution in [0.3, 0.4) is 0 Å². The van der Waals surface area contributed by atoms with E-state index < -0.39 is 0 Å². The molecule has 0 aliphatic heterocycles. The second-order valence-electron chi connectivity index (χ2n) is 7.10. The van der Waals surface area contributed by atoms with Crippen molar-refractivity contribution in [1.82, 2.24) is 9.55 Å². The third kappa shape index (κ3) is 4.38. The lowest BCUT2D eigenvalue weighted by molar-refractivity contribution is 0.272. The van der Waals surface area contributed by atoms with Crippen LogP contribution in [-0.2, 0) is 19.6 Å². The van der Waals surface area contributed by atoms with Crippen molar-refractivity contribution < 1.29 is 9.47 Å². The number of para-hydroxylation sites is 2. The van der Waals surface area contributed by atoms with E-state index in [4.69, 9.17) is 14.5 Å². The molecule has 0 unspecified atom stereocenters. The molecule has 4 heteroatoms. The number of allylic oxidation sites excluding steroid dienone is 1. The Morgan fingerprint density at radius 1 is 0.933 bits per heavy atom. The van der Waals surface area contributed by atoms with Gasteiger partial charge in [-0.25, -0.2) is 4.98 Å². The highest BCUT2D eigenvalue weighted by molar-refractivity contribution is 5.75. The molecule has 0 aliphatic carbocycles. The normalized spacial score (nSPS) is 11.3. The van der Waals surface area contributed by atoms with Crippen molar-refractivity contribution in [3.63, 3.8) is 0 Å². The average Bonchev–Trinajstić information content (AvgIpc) is 3.15. The zero-order chi connectivity index (χ0) is 20.8. The number of fused-ring (bicyclic) bond motifs is 1. The van der Waals surface area contributed by atoms with E-state index in [1.165, 1.54) is 5.56 Å². The number of methoxy groups -OCH3 is 1. The Bertz CT molecular complexity index is 1150. The monoisotopic (exact) mass is 398 g/mol. The van der Waals surface area contributed by atoms with Crippen LogP contribution in [0.4, 0.5) is 0 Å². The molecule has 4 nitrogen and oxygen atoms in total. The van der Waals surface area contributed by atoms with Crippen molar-refractivity contribution in [2.45, 2.75) is 26.5 Å². The molecule has 0 bridgehead atoms. The Balaban J connectivity index is 1.58. The van der Waals surface area contributed by atoms with E-state index in [1.807, 2.05) is 55.5 Å². The van der Waals surface area contributed by atoms with Crippen LogP contribution >= 0.6 is 0 Å². The number of benzene rings is 3. The molecule has 0 aliphatic rings. The molecule has 30 heavy (non-hydrogen) atoms. The summed E-state index contributed by atoms with van der Waals surface area (Å²) in [6.45, 7) is 3.22. The second-order valence-corrected chi connectivity index (χ2v) is 7.10. The van der Waals surface area contributed by atoms with Crippen LogP contribution < -0.4 is 9.47 Å². The molecule has 4 rings (SSSR count). The first kappa shape index (κ1) is 19.8. The molecule has 0 saturated heterocycles. The van der Waals surface area contributed by atoms with Gasteiger partial charge in [0.2, 0.25) is 0 Å². The van der Waals surface area contributed by atoms with Crippen LogP contribution in [0.15, 0.2) is 78.9 Å². The molecule has 0 atom stereocenters. The van der Waals surface area contributed by atoms with Crippen LogP contribution in [0.2, 0.25) is 0 Å². The molecular formula is C26H26N2O2. The fourth-order valence-corrected chi connectivity index (χ4v) is 3.61. The van der Waals surface area contributed by atoms with E-state index in [0.29, 0.717) is 12.4 Å². The molecular weight excluding hydrogens is 372 g/mol. The third-order valence-corrected chi connectivity index (χ3v) is 5.10. The number of ether oxygens (including phenoxy) is 2. The predicted molar refractivity (Wildman–Crippen MR) is 122 cm³/mol. The fourth-order valence-electron chi connectivity index (χ4n) is 3.61. The minimum atomic E-state index is 0.378. The van der Waals surface area contributed by atoms with Gasteiger partial charge in [0.1, 0.15) is 12.4 Å². The average molecular weight is 399 g/mol. The number of aryl methyl sites for hydroxylation is 2. The maximum Gasteiger partial charge on any atom is 0.161 e. The van der Waals surface area contributed by atoms with Crippen LogP contribution in [0.25, 0.3) is 17.1 Å². The SMILES string of the molecule is C/C=C\c1ccc(OCc2nc3ccccc3n2CCc2ccccc2)c(OC)c1. The van der Waals surface area contributed by atoms with Crippen molar-refractivity contribution in [2.24, 2.45) is 0 Å². The number of hydrogen-bond acceptors (Lipinski definition) is 3. The van der Waals surface area contributed by atoms with Crippen LogP contribution in [-0.4, -0.2) is 16.7 Å². The van der Waals surface area contributed by atoms with Crippen molar-refractivity contribution in [1.29, 1.82) is 0 Å². The van der Waals surface area contributed by atoms with E-state index in [9.17, 15) is 0 Å². The van der Waals surface area contributed by atoms with E-state index in [2.05, 4.69) is 41.0 Å². The van der Waals surface area contributed by atoms with E-state index in [1.54, 1.807) is 7.11 Å². The molecule has 0 radical (unpaired) electrons. The lowest BCUT2D eigenvalue weighted by atomic mass is 10.1. The highest BCUT2D eigenvalue weighted by Gasteiger charge is 2.13. The number of rotatable bonds is 8. The van der Waals surface area contributed by atoms with Gasteiger partial charge < -0.3 is 14.0 Å². The Morgan fingerprint density at radius 3 is 2.53 bits per heavy atom. The summed E-state index contributed by atoms with van der Waals surface area (Å²) < 4.78 is 13.9. The topological polar surface area (TPSA) is 36.3 Å². The summed E-state index contributed by atoms with van der Waals surface area (Å²) in [4.78, 5) is 4.83. The van der Waals surface area contributed by atoms with Gasteiger partial charge in [-0.15, -0.1) is 0 Å². The van der Waals surface area contributed by atoms with Crippen LogP contribution in [0.5, 0.6) is 11.5 Å². The molecule has 3 aromatic carbocycles. The van der Waals surface area contributed by atoms with Gasteiger partial charge in [0.05, 0.1) is 18.1 Å². The first-order chi connectivity index (χ1) is 14.8. The molecule has 0 spiro atoms.